The Hall–Kier alpha value is -1.35. The van der Waals surface area contributed by atoms with Crippen LogP contribution < -0.4 is 5.73 Å². The Balaban J connectivity index is 2.32. The zero-order valence-electron chi connectivity index (χ0n) is 9.48. The number of hydrogen-bond acceptors (Lipinski definition) is 3. The first kappa shape index (κ1) is 11.1. The summed E-state index contributed by atoms with van der Waals surface area (Å²) in [6.07, 6.45) is 2.01. The summed E-state index contributed by atoms with van der Waals surface area (Å²) in [5.41, 5.74) is 6.19. The molecule has 0 radical (unpaired) electrons. The van der Waals surface area contributed by atoms with Crippen molar-refractivity contribution in [2.24, 2.45) is 11.7 Å². The Bertz CT molecular complexity index is 373. The van der Waals surface area contributed by atoms with Crippen molar-refractivity contribution in [1.82, 2.24) is 0 Å². The summed E-state index contributed by atoms with van der Waals surface area (Å²) in [4.78, 5) is 12.0. The van der Waals surface area contributed by atoms with Gasteiger partial charge in [0, 0.05) is 0 Å². The van der Waals surface area contributed by atoms with E-state index in [1.54, 1.807) is 6.92 Å². The van der Waals surface area contributed by atoms with Gasteiger partial charge in [-0.1, -0.05) is 30.3 Å². The Morgan fingerprint density at radius 3 is 2.56 bits per heavy atom. The molecule has 0 saturated heterocycles. The summed E-state index contributed by atoms with van der Waals surface area (Å²) in [7, 11) is 0. The maximum atomic E-state index is 12.0. The van der Waals surface area contributed by atoms with Gasteiger partial charge in [-0.05, 0) is 31.2 Å². The van der Waals surface area contributed by atoms with Crippen LogP contribution in [0, 0.1) is 5.92 Å². The topological polar surface area (TPSA) is 52.3 Å². The van der Waals surface area contributed by atoms with Crippen LogP contribution in [0.15, 0.2) is 30.3 Å². The number of rotatable bonds is 4. The molecule has 1 aliphatic rings. The van der Waals surface area contributed by atoms with E-state index >= 15 is 0 Å². The molecular weight excluding hydrogens is 202 g/mol. The highest BCUT2D eigenvalue weighted by atomic mass is 16.5. The van der Waals surface area contributed by atoms with Gasteiger partial charge in [-0.15, -0.1) is 0 Å². The summed E-state index contributed by atoms with van der Waals surface area (Å²) < 4.78 is 5.10. The van der Waals surface area contributed by atoms with E-state index in [-0.39, 0.29) is 11.9 Å². The van der Waals surface area contributed by atoms with Crippen LogP contribution in [0.5, 0.6) is 0 Å². The fourth-order valence-corrected chi connectivity index (χ4v) is 2.02. The Kier molecular flexibility index (Phi) is 2.97. The number of nitrogens with two attached hydrogens (primary N) is 1. The van der Waals surface area contributed by atoms with Crippen molar-refractivity contribution in [1.29, 1.82) is 0 Å². The number of carbonyl (C=O) groups excluding carboxylic acids is 1. The highest BCUT2D eigenvalue weighted by molar-refractivity contribution is 5.83. The largest absolute Gasteiger partial charge is 0.464 e. The SMILES string of the molecule is CCOC(=O)C(N)(c1ccccc1)C1CC1. The third-order valence-corrected chi connectivity index (χ3v) is 3.09. The number of carbonyl (C=O) groups is 1. The fourth-order valence-electron chi connectivity index (χ4n) is 2.02. The van der Waals surface area contributed by atoms with Crippen molar-refractivity contribution in [2.75, 3.05) is 6.61 Å². The van der Waals surface area contributed by atoms with Gasteiger partial charge in [-0.2, -0.15) is 0 Å². The summed E-state index contributed by atoms with van der Waals surface area (Å²) in [5.74, 6) is -0.0716. The lowest BCUT2D eigenvalue weighted by atomic mass is 9.86. The van der Waals surface area contributed by atoms with Crippen LogP contribution in [0.1, 0.15) is 25.3 Å². The molecule has 86 valence electrons. The second-order valence-corrected chi connectivity index (χ2v) is 4.23. The number of ether oxygens (including phenoxy) is 1. The predicted octanol–water partition coefficient (Wildman–Crippen LogP) is 1.81. The molecule has 0 heterocycles. The molecule has 0 aliphatic heterocycles. The molecule has 1 aromatic rings. The van der Waals surface area contributed by atoms with Crippen molar-refractivity contribution in [3.63, 3.8) is 0 Å². The average molecular weight is 219 g/mol. The summed E-state index contributed by atoms with van der Waals surface area (Å²) in [5, 5.41) is 0. The summed E-state index contributed by atoms with van der Waals surface area (Å²) >= 11 is 0. The van der Waals surface area contributed by atoms with Crippen LogP contribution in [0.2, 0.25) is 0 Å². The molecule has 2 N–H and O–H groups in total. The molecule has 0 bridgehead atoms. The van der Waals surface area contributed by atoms with Crippen LogP contribution >= 0.6 is 0 Å². The summed E-state index contributed by atoms with van der Waals surface area (Å²) in [6, 6.07) is 9.52. The molecule has 2 rings (SSSR count). The minimum absolute atomic E-state index is 0.231. The minimum atomic E-state index is -0.947. The van der Waals surface area contributed by atoms with E-state index in [1.807, 2.05) is 30.3 Å². The lowest BCUT2D eigenvalue weighted by Gasteiger charge is -2.27. The molecule has 0 amide bonds. The normalized spacial score (nSPS) is 18.9. The molecule has 1 aromatic carbocycles. The molecular formula is C13H17NO2. The molecule has 1 unspecified atom stereocenters. The molecule has 1 atom stereocenters. The molecule has 1 aliphatic carbocycles. The van der Waals surface area contributed by atoms with Gasteiger partial charge in [0.25, 0.3) is 0 Å². The molecule has 3 heteroatoms. The van der Waals surface area contributed by atoms with Gasteiger partial charge in [0.2, 0.25) is 0 Å². The first-order valence-corrected chi connectivity index (χ1v) is 5.71. The Labute approximate surface area is 95.6 Å². The van der Waals surface area contributed by atoms with Crippen LogP contribution in [0.3, 0.4) is 0 Å². The zero-order valence-corrected chi connectivity index (χ0v) is 9.48. The lowest BCUT2D eigenvalue weighted by Crippen LogP contribution is -2.48. The van der Waals surface area contributed by atoms with E-state index in [0.29, 0.717) is 6.61 Å². The molecule has 16 heavy (non-hydrogen) atoms. The molecule has 0 aromatic heterocycles. The highest BCUT2D eigenvalue weighted by Crippen LogP contribution is 2.44. The van der Waals surface area contributed by atoms with E-state index in [1.165, 1.54) is 0 Å². The maximum Gasteiger partial charge on any atom is 0.331 e. The van der Waals surface area contributed by atoms with Crippen LogP contribution in [-0.2, 0) is 15.1 Å². The average Bonchev–Trinajstić information content (AvgIpc) is 3.13. The standard InChI is InChI=1S/C13H17NO2/c1-2-16-12(15)13(14,11-8-9-11)10-6-4-3-5-7-10/h3-7,11H,2,8-9,14H2,1H3. The molecule has 1 saturated carbocycles. The van der Waals surface area contributed by atoms with Crippen molar-refractivity contribution in [3.8, 4) is 0 Å². The first-order valence-electron chi connectivity index (χ1n) is 5.71. The van der Waals surface area contributed by atoms with E-state index in [4.69, 9.17) is 10.5 Å². The van der Waals surface area contributed by atoms with Gasteiger partial charge < -0.3 is 10.5 Å². The Morgan fingerprint density at radius 2 is 2.06 bits per heavy atom. The van der Waals surface area contributed by atoms with Crippen molar-refractivity contribution < 1.29 is 9.53 Å². The van der Waals surface area contributed by atoms with Crippen LogP contribution in [0.4, 0.5) is 0 Å². The van der Waals surface area contributed by atoms with E-state index in [0.717, 1.165) is 18.4 Å². The molecule has 3 nitrogen and oxygen atoms in total. The van der Waals surface area contributed by atoms with E-state index in [9.17, 15) is 4.79 Å². The first-order chi connectivity index (χ1) is 7.69. The number of esters is 1. The smallest absolute Gasteiger partial charge is 0.331 e. The summed E-state index contributed by atoms with van der Waals surface area (Å²) in [6.45, 7) is 2.17. The van der Waals surface area contributed by atoms with Crippen molar-refractivity contribution in [2.45, 2.75) is 25.3 Å². The predicted molar refractivity (Wildman–Crippen MR) is 61.7 cm³/mol. The van der Waals surface area contributed by atoms with Gasteiger partial charge in [-0.25, -0.2) is 4.79 Å². The lowest BCUT2D eigenvalue weighted by molar-refractivity contribution is -0.151. The van der Waals surface area contributed by atoms with Crippen molar-refractivity contribution in [3.05, 3.63) is 35.9 Å². The van der Waals surface area contributed by atoms with E-state index < -0.39 is 5.54 Å². The van der Waals surface area contributed by atoms with E-state index in [2.05, 4.69) is 0 Å². The van der Waals surface area contributed by atoms with Crippen LogP contribution in [0.25, 0.3) is 0 Å². The quantitative estimate of drug-likeness (QED) is 0.786. The van der Waals surface area contributed by atoms with Crippen molar-refractivity contribution >= 4 is 5.97 Å². The monoisotopic (exact) mass is 219 g/mol. The number of benzene rings is 1. The molecule has 0 spiro atoms. The second kappa shape index (κ2) is 4.26. The fraction of sp³-hybridized carbons (Fsp3) is 0.462. The van der Waals surface area contributed by atoms with Gasteiger partial charge in [0.1, 0.15) is 5.54 Å². The van der Waals surface area contributed by atoms with Gasteiger partial charge in [-0.3, -0.25) is 0 Å². The maximum absolute atomic E-state index is 12.0. The zero-order chi connectivity index (χ0) is 11.6. The minimum Gasteiger partial charge on any atom is -0.464 e. The van der Waals surface area contributed by atoms with Gasteiger partial charge in [0.05, 0.1) is 6.61 Å². The Morgan fingerprint density at radius 1 is 1.44 bits per heavy atom. The highest BCUT2D eigenvalue weighted by Gasteiger charge is 2.50. The second-order valence-electron chi connectivity index (χ2n) is 4.23. The third kappa shape index (κ3) is 1.83. The number of hydrogen-bond donors (Lipinski definition) is 1. The third-order valence-electron chi connectivity index (χ3n) is 3.09. The van der Waals surface area contributed by atoms with Gasteiger partial charge in [0.15, 0.2) is 0 Å². The van der Waals surface area contributed by atoms with Crippen LogP contribution in [-0.4, -0.2) is 12.6 Å². The van der Waals surface area contributed by atoms with Gasteiger partial charge >= 0.3 is 5.97 Å². The molecule has 1 fully saturated rings.